The molecule has 0 aromatic heterocycles. The fourth-order valence-electron chi connectivity index (χ4n) is 4.49. The average molecular weight is 444 g/mol. The van der Waals surface area contributed by atoms with Crippen LogP contribution in [0.1, 0.15) is 29.0 Å². The zero-order chi connectivity index (χ0) is 22.2. The molecule has 0 unspecified atom stereocenters. The molecule has 0 bridgehead atoms. The Balaban J connectivity index is 1.72. The van der Waals surface area contributed by atoms with Crippen LogP contribution in [0.3, 0.4) is 0 Å². The Kier molecular flexibility index (Phi) is 5.94. The van der Waals surface area contributed by atoms with Crippen LogP contribution in [-0.4, -0.2) is 59.1 Å². The Bertz CT molecular complexity index is 1090. The van der Waals surface area contributed by atoms with Gasteiger partial charge in [-0.2, -0.15) is 0 Å². The SMILES string of the molecule is COc1ccc(S(=O)(=O)N2C[C@H](C(=O)N3CCCNCC3)c3ccccc32)c(C)c1C. The predicted octanol–water partition coefficient (Wildman–Crippen LogP) is 2.43. The van der Waals surface area contributed by atoms with E-state index in [1.165, 1.54) is 4.31 Å². The Morgan fingerprint density at radius 3 is 2.61 bits per heavy atom. The first-order valence-corrected chi connectivity index (χ1v) is 12.1. The van der Waals surface area contributed by atoms with Gasteiger partial charge in [0.05, 0.1) is 30.2 Å². The van der Waals surface area contributed by atoms with Crippen molar-refractivity contribution in [2.24, 2.45) is 0 Å². The number of methoxy groups -OCH3 is 1. The lowest BCUT2D eigenvalue weighted by molar-refractivity contribution is -0.132. The van der Waals surface area contributed by atoms with E-state index in [1.54, 1.807) is 32.2 Å². The second-order valence-electron chi connectivity index (χ2n) is 8.09. The molecule has 0 saturated carbocycles. The zero-order valence-corrected chi connectivity index (χ0v) is 19.0. The van der Waals surface area contributed by atoms with Gasteiger partial charge in [-0.3, -0.25) is 9.10 Å². The van der Waals surface area contributed by atoms with E-state index >= 15 is 0 Å². The molecule has 8 heteroatoms. The number of anilines is 1. The van der Waals surface area contributed by atoms with Gasteiger partial charge in [0, 0.05) is 19.6 Å². The van der Waals surface area contributed by atoms with Crippen molar-refractivity contribution < 1.29 is 17.9 Å². The van der Waals surface area contributed by atoms with Gasteiger partial charge in [0.1, 0.15) is 5.75 Å². The minimum atomic E-state index is -3.84. The molecule has 0 spiro atoms. The highest BCUT2D eigenvalue weighted by atomic mass is 32.2. The van der Waals surface area contributed by atoms with Gasteiger partial charge in [0.2, 0.25) is 5.91 Å². The Labute approximate surface area is 184 Å². The van der Waals surface area contributed by atoms with Gasteiger partial charge in [-0.15, -0.1) is 0 Å². The number of carbonyl (C=O) groups excluding carboxylic acids is 1. The first-order valence-electron chi connectivity index (χ1n) is 10.6. The third-order valence-electron chi connectivity index (χ3n) is 6.35. The number of nitrogens with zero attached hydrogens (tertiary/aromatic N) is 2. The molecular formula is C23H29N3O4S. The van der Waals surface area contributed by atoms with Gasteiger partial charge in [-0.05, 0) is 61.7 Å². The van der Waals surface area contributed by atoms with Gasteiger partial charge < -0.3 is 15.0 Å². The fourth-order valence-corrected chi connectivity index (χ4v) is 6.28. The van der Waals surface area contributed by atoms with Gasteiger partial charge >= 0.3 is 0 Å². The van der Waals surface area contributed by atoms with Crippen LogP contribution >= 0.6 is 0 Å². The summed E-state index contributed by atoms with van der Waals surface area (Å²) < 4.78 is 34.2. The van der Waals surface area contributed by atoms with E-state index < -0.39 is 15.9 Å². The highest BCUT2D eigenvalue weighted by Gasteiger charge is 2.41. The van der Waals surface area contributed by atoms with Crippen molar-refractivity contribution in [2.75, 3.05) is 44.1 Å². The van der Waals surface area contributed by atoms with E-state index in [0.29, 0.717) is 30.1 Å². The Hall–Kier alpha value is -2.58. The quantitative estimate of drug-likeness (QED) is 0.785. The molecule has 166 valence electrons. The van der Waals surface area contributed by atoms with Crippen LogP contribution in [0.2, 0.25) is 0 Å². The van der Waals surface area contributed by atoms with E-state index in [-0.39, 0.29) is 17.3 Å². The standard InChI is InChI=1S/C23H29N3O4S/c1-16-17(2)22(10-9-21(16)30-3)31(28,29)26-15-19(18-7-4-5-8-20(18)26)23(27)25-13-6-11-24-12-14-25/h4-5,7-10,19,24H,6,11-15H2,1-3H3/t19-/m0/s1. The fraction of sp³-hybridized carbons (Fsp3) is 0.435. The number of nitrogens with one attached hydrogen (secondary N) is 1. The molecule has 0 radical (unpaired) electrons. The second-order valence-corrected chi connectivity index (χ2v) is 9.92. The normalized spacial score (nSPS) is 19.1. The molecule has 2 aliphatic heterocycles. The van der Waals surface area contributed by atoms with E-state index in [2.05, 4.69) is 5.32 Å². The number of benzene rings is 2. The number of sulfonamides is 1. The summed E-state index contributed by atoms with van der Waals surface area (Å²) in [6, 6.07) is 10.6. The summed E-state index contributed by atoms with van der Waals surface area (Å²) in [6.07, 6.45) is 0.895. The largest absolute Gasteiger partial charge is 0.496 e. The Morgan fingerprint density at radius 1 is 1.06 bits per heavy atom. The van der Waals surface area contributed by atoms with E-state index in [0.717, 1.165) is 30.6 Å². The number of para-hydroxylation sites is 1. The molecule has 31 heavy (non-hydrogen) atoms. The summed E-state index contributed by atoms with van der Waals surface area (Å²) in [4.78, 5) is 15.5. The summed E-state index contributed by atoms with van der Waals surface area (Å²) >= 11 is 0. The maximum atomic E-state index is 13.7. The van der Waals surface area contributed by atoms with Crippen molar-refractivity contribution >= 4 is 21.6 Å². The molecule has 7 nitrogen and oxygen atoms in total. The van der Waals surface area contributed by atoms with Crippen molar-refractivity contribution in [3.8, 4) is 5.75 Å². The number of carbonyl (C=O) groups is 1. The number of amides is 1. The van der Waals surface area contributed by atoms with Crippen molar-refractivity contribution in [3.63, 3.8) is 0 Å². The summed E-state index contributed by atoms with van der Waals surface area (Å²) in [5.74, 6) is 0.154. The number of ether oxygens (including phenoxy) is 1. The highest BCUT2D eigenvalue weighted by Crippen LogP contribution is 2.41. The van der Waals surface area contributed by atoms with Crippen LogP contribution in [0, 0.1) is 13.8 Å². The van der Waals surface area contributed by atoms with Crippen molar-refractivity contribution in [3.05, 3.63) is 53.1 Å². The maximum Gasteiger partial charge on any atom is 0.264 e. The summed E-state index contributed by atoms with van der Waals surface area (Å²) in [5.41, 5.74) is 2.81. The number of hydrogen-bond acceptors (Lipinski definition) is 5. The van der Waals surface area contributed by atoms with Gasteiger partial charge in [0.15, 0.2) is 0 Å². The van der Waals surface area contributed by atoms with Gasteiger partial charge in [-0.25, -0.2) is 8.42 Å². The van der Waals surface area contributed by atoms with Crippen LogP contribution < -0.4 is 14.4 Å². The highest BCUT2D eigenvalue weighted by molar-refractivity contribution is 7.93. The molecule has 1 amide bonds. The van der Waals surface area contributed by atoms with Crippen LogP contribution in [0.4, 0.5) is 5.69 Å². The minimum absolute atomic E-state index is 0.00326. The van der Waals surface area contributed by atoms with Crippen LogP contribution in [0.25, 0.3) is 0 Å². The topological polar surface area (TPSA) is 79.0 Å². The lowest BCUT2D eigenvalue weighted by atomic mass is 10.00. The molecule has 2 aromatic rings. The van der Waals surface area contributed by atoms with E-state index in [4.69, 9.17) is 4.74 Å². The number of fused-ring (bicyclic) bond motifs is 1. The first kappa shape index (κ1) is 21.6. The van der Waals surface area contributed by atoms with Crippen LogP contribution in [-0.2, 0) is 14.8 Å². The number of hydrogen-bond donors (Lipinski definition) is 1. The molecule has 2 aliphatic rings. The minimum Gasteiger partial charge on any atom is -0.496 e. The summed E-state index contributed by atoms with van der Waals surface area (Å²) in [5, 5.41) is 3.31. The molecule has 1 fully saturated rings. The second kappa shape index (κ2) is 8.51. The first-order chi connectivity index (χ1) is 14.9. The lowest BCUT2D eigenvalue weighted by Crippen LogP contribution is -2.40. The van der Waals surface area contributed by atoms with Gasteiger partial charge in [-0.1, -0.05) is 18.2 Å². The van der Waals surface area contributed by atoms with Gasteiger partial charge in [0.25, 0.3) is 10.0 Å². The lowest BCUT2D eigenvalue weighted by Gasteiger charge is -2.25. The van der Waals surface area contributed by atoms with Crippen molar-refractivity contribution in [1.29, 1.82) is 0 Å². The van der Waals surface area contributed by atoms with E-state index in [1.807, 2.05) is 30.0 Å². The van der Waals surface area contributed by atoms with Crippen LogP contribution in [0.15, 0.2) is 41.3 Å². The van der Waals surface area contributed by atoms with Crippen LogP contribution in [0.5, 0.6) is 5.75 Å². The van der Waals surface area contributed by atoms with E-state index in [9.17, 15) is 13.2 Å². The molecule has 1 atom stereocenters. The molecule has 0 aliphatic carbocycles. The molecule has 1 N–H and O–H groups in total. The monoisotopic (exact) mass is 443 g/mol. The molecule has 4 rings (SSSR count). The Morgan fingerprint density at radius 2 is 1.84 bits per heavy atom. The molecular weight excluding hydrogens is 414 g/mol. The predicted molar refractivity (Wildman–Crippen MR) is 120 cm³/mol. The molecule has 2 heterocycles. The zero-order valence-electron chi connectivity index (χ0n) is 18.2. The summed E-state index contributed by atoms with van der Waals surface area (Å²) in [6.45, 7) is 6.74. The third-order valence-corrected chi connectivity index (χ3v) is 8.28. The third kappa shape index (κ3) is 3.78. The smallest absolute Gasteiger partial charge is 0.264 e. The maximum absolute atomic E-state index is 13.7. The number of rotatable bonds is 4. The van der Waals surface area contributed by atoms with Crippen molar-refractivity contribution in [1.82, 2.24) is 10.2 Å². The molecule has 2 aromatic carbocycles. The average Bonchev–Trinajstić information content (AvgIpc) is 2.95. The van der Waals surface area contributed by atoms with Crippen molar-refractivity contribution in [2.45, 2.75) is 31.1 Å². The summed E-state index contributed by atoms with van der Waals surface area (Å²) in [7, 11) is -2.27. The molecule has 1 saturated heterocycles.